The van der Waals surface area contributed by atoms with Gasteiger partial charge in [-0.25, -0.2) is 4.98 Å². The molecule has 152 valence electrons. The van der Waals surface area contributed by atoms with Crippen molar-refractivity contribution in [2.45, 2.75) is 31.7 Å². The summed E-state index contributed by atoms with van der Waals surface area (Å²) >= 11 is 0. The average molecular weight is 385 g/mol. The molecular formula is C22H32N4O2. The molecule has 1 aromatic heterocycles. The number of carbonyl (C=O) groups excluding carboxylic acids is 1. The molecular weight excluding hydrogens is 352 g/mol. The highest BCUT2D eigenvalue weighted by atomic mass is 16.5. The van der Waals surface area contributed by atoms with E-state index in [0.29, 0.717) is 11.7 Å². The molecule has 1 aliphatic heterocycles. The van der Waals surface area contributed by atoms with Crippen LogP contribution >= 0.6 is 0 Å². The summed E-state index contributed by atoms with van der Waals surface area (Å²) in [7, 11) is 3.65. The number of likely N-dealkylation sites (tertiary alicyclic amines) is 1. The SMILES string of the molecule is COCC1(CNC2CC2)CCN(C(=O)c2cn(C)cn2)CC1.c1ccccc1. The van der Waals surface area contributed by atoms with E-state index in [1.54, 1.807) is 19.6 Å². The molecule has 1 saturated carbocycles. The van der Waals surface area contributed by atoms with E-state index < -0.39 is 0 Å². The normalized spacial score (nSPS) is 18.3. The number of methoxy groups -OCH3 is 1. The lowest BCUT2D eigenvalue weighted by molar-refractivity contribution is 0.0200. The summed E-state index contributed by atoms with van der Waals surface area (Å²) in [4.78, 5) is 18.6. The molecule has 6 nitrogen and oxygen atoms in total. The largest absolute Gasteiger partial charge is 0.384 e. The third kappa shape index (κ3) is 5.91. The Labute approximate surface area is 167 Å². The molecule has 1 saturated heterocycles. The number of carbonyl (C=O) groups is 1. The molecule has 0 bridgehead atoms. The molecule has 1 aliphatic carbocycles. The van der Waals surface area contributed by atoms with Crippen LogP contribution in [-0.4, -0.2) is 59.8 Å². The number of piperidine rings is 1. The fourth-order valence-electron chi connectivity index (χ4n) is 3.58. The second kappa shape index (κ2) is 9.85. The molecule has 0 radical (unpaired) electrons. The summed E-state index contributed by atoms with van der Waals surface area (Å²) in [6.45, 7) is 3.33. The highest BCUT2D eigenvalue weighted by Gasteiger charge is 2.37. The van der Waals surface area contributed by atoms with E-state index in [1.165, 1.54) is 12.8 Å². The number of imidazole rings is 1. The minimum absolute atomic E-state index is 0.0433. The van der Waals surface area contributed by atoms with Crippen molar-refractivity contribution >= 4 is 5.91 Å². The molecule has 2 aliphatic rings. The average Bonchev–Trinajstić information content (AvgIpc) is 3.47. The molecule has 1 aromatic carbocycles. The van der Waals surface area contributed by atoms with Gasteiger partial charge in [0, 0.05) is 51.4 Å². The van der Waals surface area contributed by atoms with Crippen LogP contribution in [0.2, 0.25) is 0 Å². The zero-order valence-electron chi connectivity index (χ0n) is 17.0. The number of aromatic nitrogens is 2. The number of nitrogens with one attached hydrogen (secondary N) is 1. The summed E-state index contributed by atoms with van der Waals surface area (Å²) < 4.78 is 7.27. The number of benzene rings is 1. The van der Waals surface area contributed by atoms with Crippen LogP contribution in [0.1, 0.15) is 36.2 Å². The summed E-state index contributed by atoms with van der Waals surface area (Å²) in [5, 5.41) is 3.63. The molecule has 2 aromatic rings. The first-order valence-corrected chi connectivity index (χ1v) is 10.1. The van der Waals surface area contributed by atoms with Crippen LogP contribution in [0.4, 0.5) is 0 Å². The van der Waals surface area contributed by atoms with Crippen LogP contribution in [0, 0.1) is 5.41 Å². The van der Waals surface area contributed by atoms with E-state index in [2.05, 4.69) is 10.3 Å². The predicted octanol–water partition coefficient (Wildman–Crippen LogP) is 2.73. The van der Waals surface area contributed by atoms with Gasteiger partial charge in [0.05, 0.1) is 12.9 Å². The lowest BCUT2D eigenvalue weighted by Crippen LogP contribution is -2.49. The zero-order valence-corrected chi connectivity index (χ0v) is 17.0. The quantitative estimate of drug-likeness (QED) is 0.832. The van der Waals surface area contributed by atoms with Gasteiger partial charge in [-0.1, -0.05) is 36.4 Å². The lowest BCUT2D eigenvalue weighted by Gasteiger charge is -2.41. The Balaban J connectivity index is 0.000000320. The van der Waals surface area contributed by atoms with Crippen molar-refractivity contribution in [2.24, 2.45) is 12.5 Å². The van der Waals surface area contributed by atoms with Crippen LogP contribution in [0.15, 0.2) is 48.9 Å². The third-order valence-corrected chi connectivity index (χ3v) is 5.50. The Morgan fingerprint density at radius 3 is 2.25 bits per heavy atom. The number of hydrogen-bond acceptors (Lipinski definition) is 4. The molecule has 2 fully saturated rings. The highest BCUT2D eigenvalue weighted by Crippen LogP contribution is 2.33. The summed E-state index contributed by atoms with van der Waals surface area (Å²) in [5.74, 6) is 0.0433. The van der Waals surface area contributed by atoms with E-state index >= 15 is 0 Å². The van der Waals surface area contributed by atoms with Crippen molar-refractivity contribution in [2.75, 3.05) is 33.4 Å². The Bertz CT molecular complexity index is 692. The van der Waals surface area contributed by atoms with Crippen molar-refractivity contribution < 1.29 is 9.53 Å². The Morgan fingerprint density at radius 1 is 1.18 bits per heavy atom. The van der Waals surface area contributed by atoms with Crippen molar-refractivity contribution in [3.63, 3.8) is 0 Å². The van der Waals surface area contributed by atoms with E-state index in [-0.39, 0.29) is 11.3 Å². The fraction of sp³-hybridized carbons (Fsp3) is 0.545. The second-order valence-electron chi connectivity index (χ2n) is 7.96. The van der Waals surface area contributed by atoms with E-state index in [9.17, 15) is 4.79 Å². The Kier molecular flexibility index (Phi) is 7.23. The number of ether oxygens (including phenoxy) is 1. The van der Waals surface area contributed by atoms with Gasteiger partial charge in [-0.3, -0.25) is 4.79 Å². The first-order valence-electron chi connectivity index (χ1n) is 10.1. The van der Waals surface area contributed by atoms with Crippen molar-refractivity contribution in [1.29, 1.82) is 0 Å². The first-order chi connectivity index (χ1) is 13.6. The maximum absolute atomic E-state index is 12.5. The molecule has 0 spiro atoms. The molecule has 28 heavy (non-hydrogen) atoms. The van der Waals surface area contributed by atoms with Gasteiger partial charge in [0.2, 0.25) is 0 Å². The number of nitrogens with zero attached hydrogens (tertiary/aromatic N) is 3. The standard InChI is InChI=1S/C16H26N4O2.C6H6/c1-19-9-14(18-12-19)15(21)20-7-5-16(6-8-20,11-22-2)10-17-13-3-4-13;1-2-4-6-5-3-1/h9,12-13,17H,3-8,10-11H2,1-2H3;1-6H. The van der Waals surface area contributed by atoms with E-state index in [0.717, 1.165) is 39.1 Å². The zero-order chi connectivity index (χ0) is 19.8. The number of rotatable bonds is 6. The van der Waals surface area contributed by atoms with Gasteiger partial charge in [-0.2, -0.15) is 0 Å². The number of amides is 1. The minimum Gasteiger partial charge on any atom is -0.384 e. The van der Waals surface area contributed by atoms with Crippen molar-refractivity contribution in [3.05, 3.63) is 54.6 Å². The Morgan fingerprint density at radius 2 is 1.79 bits per heavy atom. The maximum atomic E-state index is 12.5. The van der Waals surface area contributed by atoms with Crippen LogP contribution in [0.25, 0.3) is 0 Å². The monoisotopic (exact) mass is 384 g/mol. The van der Waals surface area contributed by atoms with Crippen LogP contribution in [-0.2, 0) is 11.8 Å². The Hall–Kier alpha value is -2.18. The summed E-state index contributed by atoms with van der Waals surface area (Å²) in [6, 6.07) is 12.7. The van der Waals surface area contributed by atoms with Crippen molar-refractivity contribution in [1.82, 2.24) is 19.8 Å². The van der Waals surface area contributed by atoms with Crippen LogP contribution < -0.4 is 5.32 Å². The predicted molar refractivity (Wildman–Crippen MR) is 110 cm³/mol. The van der Waals surface area contributed by atoms with Gasteiger partial charge >= 0.3 is 0 Å². The van der Waals surface area contributed by atoms with Crippen LogP contribution in [0.3, 0.4) is 0 Å². The van der Waals surface area contributed by atoms with Gasteiger partial charge in [0.25, 0.3) is 5.91 Å². The maximum Gasteiger partial charge on any atom is 0.274 e. The first kappa shape index (κ1) is 20.6. The molecule has 4 rings (SSSR count). The van der Waals surface area contributed by atoms with Gasteiger partial charge in [-0.05, 0) is 25.7 Å². The molecule has 1 N–H and O–H groups in total. The third-order valence-electron chi connectivity index (χ3n) is 5.50. The molecule has 6 heteroatoms. The van der Waals surface area contributed by atoms with E-state index in [1.807, 2.05) is 52.9 Å². The summed E-state index contributed by atoms with van der Waals surface area (Å²) in [5.41, 5.74) is 0.705. The number of hydrogen-bond donors (Lipinski definition) is 1. The minimum atomic E-state index is 0.0433. The molecule has 0 unspecified atom stereocenters. The van der Waals surface area contributed by atoms with Crippen LogP contribution in [0.5, 0.6) is 0 Å². The molecule has 2 heterocycles. The second-order valence-corrected chi connectivity index (χ2v) is 7.96. The number of aryl methyl sites for hydroxylation is 1. The van der Waals surface area contributed by atoms with Gasteiger partial charge in [-0.15, -0.1) is 0 Å². The van der Waals surface area contributed by atoms with Gasteiger partial charge in [0.1, 0.15) is 5.69 Å². The highest BCUT2D eigenvalue weighted by molar-refractivity contribution is 5.92. The van der Waals surface area contributed by atoms with Gasteiger partial charge in [0.15, 0.2) is 0 Å². The molecule has 0 atom stereocenters. The van der Waals surface area contributed by atoms with E-state index in [4.69, 9.17) is 4.74 Å². The lowest BCUT2D eigenvalue weighted by atomic mass is 9.78. The topological polar surface area (TPSA) is 59.4 Å². The molecule has 1 amide bonds. The smallest absolute Gasteiger partial charge is 0.274 e. The van der Waals surface area contributed by atoms with Gasteiger partial charge < -0.3 is 19.5 Å². The van der Waals surface area contributed by atoms with Crippen molar-refractivity contribution in [3.8, 4) is 0 Å². The fourth-order valence-corrected chi connectivity index (χ4v) is 3.58. The summed E-state index contributed by atoms with van der Waals surface area (Å²) in [6.07, 6.45) is 8.03.